The minimum absolute atomic E-state index is 0.239. The van der Waals surface area contributed by atoms with Gasteiger partial charge >= 0.3 is 0 Å². The van der Waals surface area contributed by atoms with E-state index in [4.69, 9.17) is 0 Å². The summed E-state index contributed by atoms with van der Waals surface area (Å²) in [4.78, 5) is 2.60. The molecular formula is C48H40BN. The summed E-state index contributed by atoms with van der Waals surface area (Å²) in [5.41, 5.74) is 19.0. The number of fused-ring (bicyclic) bond motifs is 5. The zero-order chi connectivity index (χ0) is 34.0. The van der Waals surface area contributed by atoms with Crippen molar-refractivity contribution in [3.63, 3.8) is 0 Å². The molecular weight excluding hydrogens is 601 g/mol. The van der Waals surface area contributed by atoms with Crippen molar-refractivity contribution in [1.29, 1.82) is 0 Å². The first kappa shape index (κ1) is 29.6. The smallest absolute Gasteiger partial charge is 0.248 e. The molecule has 2 heterocycles. The Morgan fingerprint density at radius 1 is 0.460 bits per heavy atom. The Bertz CT molecular complexity index is 2680. The molecule has 0 aliphatic carbocycles. The van der Waals surface area contributed by atoms with E-state index in [1.807, 2.05) is 0 Å². The number of para-hydroxylation sites is 1. The van der Waals surface area contributed by atoms with Gasteiger partial charge in [0.25, 0.3) is 0 Å². The number of aryl methyl sites for hydroxylation is 2. The molecule has 50 heavy (non-hydrogen) atoms. The van der Waals surface area contributed by atoms with Crippen molar-refractivity contribution in [3.8, 4) is 22.3 Å². The minimum Gasteiger partial charge on any atom is -0.311 e. The van der Waals surface area contributed by atoms with Gasteiger partial charge < -0.3 is 4.90 Å². The summed E-state index contributed by atoms with van der Waals surface area (Å²) in [6, 6.07) is 46.6. The standard InChI is InChI=1S/C48H40BN/c1-27(2)37-25-39(45-29(5)13-11-14-30(45)6)34-22-21-33-38(28(3)4)26-44(36-24-23-32(37)46(34)47(33)36)50-42-19-10-9-18-41(42)49-40-17-8-7-15-31(40)35-16-12-20-43(50)48(35)49/h7-28H,1-6H3. The van der Waals surface area contributed by atoms with Gasteiger partial charge in [0.2, 0.25) is 6.71 Å². The number of benzene rings is 8. The minimum atomic E-state index is 0.239. The molecule has 0 saturated carbocycles. The van der Waals surface area contributed by atoms with Crippen LogP contribution in [-0.4, -0.2) is 6.71 Å². The third-order valence-electron chi connectivity index (χ3n) is 11.8. The highest BCUT2D eigenvalue weighted by Crippen LogP contribution is 2.50. The molecule has 10 rings (SSSR count). The first-order valence-corrected chi connectivity index (χ1v) is 18.3. The maximum Gasteiger partial charge on any atom is 0.248 e. The van der Waals surface area contributed by atoms with Gasteiger partial charge in [-0.05, 0) is 132 Å². The summed E-state index contributed by atoms with van der Waals surface area (Å²) in [6.07, 6.45) is 0. The number of hydrogen-bond acceptors (Lipinski definition) is 1. The molecule has 0 amide bonds. The van der Waals surface area contributed by atoms with Crippen LogP contribution in [0.3, 0.4) is 0 Å². The summed E-state index contributed by atoms with van der Waals surface area (Å²) in [7, 11) is 0. The van der Waals surface area contributed by atoms with E-state index in [0.29, 0.717) is 11.8 Å². The van der Waals surface area contributed by atoms with Crippen molar-refractivity contribution < 1.29 is 0 Å². The fourth-order valence-electron chi connectivity index (χ4n) is 9.70. The second-order valence-electron chi connectivity index (χ2n) is 15.3. The van der Waals surface area contributed by atoms with Gasteiger partial charge in [0.15, 0.2) is 0 Å². The Hall–Kier alpha value is -5.34. The van der Waals surface area contributed by atoms with E-state index >= 15 is 0 Å². The van der Waals surface area contributed by atoms with Crippen molar-refractivity contribution in [2.24, 2.45) is 0 Å². The van der Waals surface area contributed by atoms with Gasteiger partial charge in [-0.1, -0.05) is 130 Å². The zero-order valence-electron chi connectivity index (χ0n) is 29.7. The van der Waals surface area contributed by atoms with Crippen molar-refractivity contribution in [3.05, 3.63) is 144 Å². The first-order chi connectivity index (χ1) is 24.3. The van der Waals surface area contributed by atoms with Crippen LogP contribution in [0.15, 0.2) is 121 Å². The third kappa shape index (κ3) is 3.85. The molecule has 8 aromatic carbocycles. The second kappa shape index (κ2) is 10.6. The molecule has 0 spiro atoms. The SMILES string of the molecule is Cc1cccc(C)c1-c1cc(C(C)C)c2ccc3c(N4c5ccccc5B5c6ccccc6-c6cccc4c65)cc(C(C)C)c4ccc1c2c43. The van der Waals surface area contributed by atoms with Gasteiger partial charge in [-0.15, -0.1) is 0 Å². The lowest BCUT2D eigenvalue weighted by molar-refractivity contribution is 0.876. The van der Waals surface area contributed by atoms with Crippen LogP contribution in [0, 0.1) is 13.8 Å². The maximum absolute atomic E-state index is 2.60. The van der Waals surface area contributed by atoms with Gasteiger partial charge in [-0.2, -0.15) is 0 Å². The van der Waals surface area contributed by atoms with E-state index in [2.05, 4.69) is 168 Å². The van der Waals surface area contributed by atoms with Crippen LogP contribution >= 0.6 is 0 Å². The Balaban J connectivity index is 1.36. The summed E-state index contributed by atoms with van der Waals surface area (Å²) >= 11 is 0. The summed E-state index contributed by atoms with van der Waals surface area (Å²) in [5.74, 6) is 0.755. The lowest BCUT2D eigenvalue weighted by atomic mass is 9.37. The van der Waals surface area contributed by atoms with Gasteiger partial charge in [0.1, 0.15) is 0 Å². The molecule has 8 aromatic rings. The summed E-state index contributed by atoms with van der Waals surface area (Å²) in [5, 5.41) is 8.22. The Kier molecular flexibility index (Phi) is 6.26. The maximum atomic E-state index is 2.60. The van der Waals surface area contributed by atoms with Crippen molar-refractivity contribution in [1.82, 2.24) is 0 Å². The van der Waals surface area contributed by atoms with E-state index < -0.39 is 0 Å². The molecule has 0 unspecified atom stereocenters. The van der Waals surface area contributed by atoms with Crippen LogP contribution in [0.2, 0.25) is 0 Å². The van der Waals surface area contributed by atoms with Crippen molar-refractivity contribution >= 4 is 72.5 Å². The van der Waals surface area contributed by atoms with Crippen molar-refractivity contribution in [2.45, 2.75) is 53.4 Å². The normalized spacial score (nSPS) is 13.3. The molecule has 2 aliphatic rings. The van der Waals surface area contributed by atoms with Gasteiger partial charge in [-0.3, -0.25) is 0 Å². The van der Waals surface area contributed by atoms with Crippen LogP contribution in [0.4, 0.5) is 17.1 Å². The van der Waals surface area contributed by atoms with E-state index in [1.165, 1.54) is 110 Å². The molecule has 1 nitrogen and oxygen atoms in total. The fourth-order valence-corrected chi connectivity index (χ4v) is 9.70. The van der Waals surface area contributed by atoms with Gasteiger partial charge in [0.05, 0.1) is 5.69 Å². The average molecular weight is 642 g/mol. The van der Waals surface area contributed by atoms with E-state index in [9.17, 15) is 0 Å². The number of anilines is 3. The van der Waals surface area contributed by atoms with E-state index in [-0.39, 0.29) is 6.71 Å². The third-order valence-corrected chi connectivity index (χ3v) is 11.8. The van der Waals surface area contributed by atoms with Crippen LogP contribution in [-0.2, 0) is 0 Å². The quantitative estimate of drug-likeness (QED) is 0.137. The predicted molar refractivity (Wildman–Crippen MR) is 218 cm³/mol. The molecule has 0 saturated heterocycles. The largest absolute Gasteiger partial charge is 0.311 e. The summed E-state index contributed by atoms with van der Waals surface area (Å²) < 4.78 is 0. The Labute approximate surface area is 295 Å². The molecule has 2 aliphatic heterocycles. The highest BCUT2D eigenvalue weighted by Gasteiger charge is 2.42. The monoisotopic (exact) mass is 641 g/mol. The highest BCUT2D eigenvalue weighted by atomic mass is 15.2. The van der Waals surface area contributed by atoms with E-state index in [1.54, 1.807) is 0 Å². The number of hydrogen-bond donors (Lipinski definition) is 0. The number of rotatable bonds is 4. The second-order valence-corrected chi connectivity index (χ2v) is 15.3. The molecule has 0 aromatic heterocycles. The van der Waals surface area contributed by atoms with Crippen LogP contribution in [0.25, 0.3) is 54.6 Å². The van der Waals surface area contributed by atoms with Crippen LogP contribution < -0.4 is 21.3 Å². The Morgan fingerprint density at radius 3 is 1.76 bits per heavy atom. The molecule has 240 valence electrons. The molecule has 0 atom stereocenters. The first-order valence-electron chi connectivity index (χ1n) is 18.3. The summed E-state index contributed by atoms with van der Waals surface area (Å²) in [6.45, 7) is 14.2. The lowest BCUT2D eigenvalue weighted by Gasteiger charge is -2.37. The fraction of sp³-hybridized carbons (Fsp3) is 0.167. The lowest BCUT2D eigenvalue weighted by Crippen LogP contribution is -2.54. The molecule has 0 N–H and O–H groups in total. The average Bonchev–Trinajstić information content (AvgIpc) is 3.46. The molecule has 2 heteroatoms. The van der Waals surface area contributed by atoms with Gasteiger partial charge in [0, 0.05) is 16.8 Å². The molecule has 0 bridgehead atoms. The predicted octanol–water partition coefficient (Wildman–Crippen LogP) is 11.4. The number of nitrogens with zero attached hydrogens (tertiary/aromatic N) is 1. The molecule has 0 fully saturated rings. The van der Waals surface area contributed by atoms with Crippen molar-refractivity contribution in [2.75, 3.05) is 4.90 Å². The van der Waals surface area contributed by atoms with Gasteiger partial charge in [-0.25, -0.2) is 0 Å². The topological polar surface area (TPSA) is 3.24 Å². The highest BCUT2D eigenvalue weighted by molar-refractivity contribution is 7.01. The Morgan fingerprint density at radius 2 is 1.02 bits per heavy atom. The van der Waals surface area contributed by atoms with E-state index in [0.717, 1.165) is 0 Å². The van der Waals surface area contributed by atoms with Crippen LogP contribution in [0.5, 0.6) is 0 Å². The molecule has 0 radical (unpaired) electrons. The van der Waals surface area contributed by atoms with Crippen LogP contribution in [0.1, 0.15) is 61.8 Å². The zero-order valence-corrected chi connectivity index (χ0v) is 29.7.